The number of nitro benzene ring substituents is 1. The van der Waals surface area contributed by atoms with Gasteiger partial charge in [-0.3, -0.25) is 10.1 Å². The number of benzene rings is 1. The lowest BCUT2D eigenvalue weighted by atomic mass is 9.82. The van der Waals surface area contributed by atoms with E-state index < -0.39 is 4.92 Å². The number of hydrogen-bond donors (Lipinski definition) is 1. The molecule has 5 heteroatoms. The van der Waals surface area contributed by atoms with Gasteiger partial charge in [0, 0.05) is 18.0 Å². The van der Waals surface area contributed by atoms with Crippen molar-refractivity contribution in [2.45, 2.75) is 39.7 Å². The summed E-state index contributed by atoms with van der Waals surface area (Å²) >= 11 is 0. The number of nitrogens with zero attached hydrogens (tertiary/aromatic N) is 2. The van der Waals surface area contributed by atoms with Crippen LogP contribution in [0.15, 0.2) is 18.2 Å². The molecule has 0 heterocycles. The van der Waals surface area contributed by atoms with Crippen molar-refractivity contribution in [1.29, 1.82) is 5.26 Å². The fraction of sp³-hybridized carbons (Fsp3) is 0.533. The van der Waals surface area contributed by atoms with Gasteiger partial charge in [0.25, 0.3) is 5.69 Å². The largest absolute Gasteiger partial charge is 0.314 e. The van der Waals surface area contributed by atoms with Crippen LogP contribution >= 0.6 is 0 Å². The second kappa shape index (κ2) is 7.01. The topological polar surface area (TPSA) is 79.0 Å². The molecule has 0 bridgehead atoms. The van der Waals surface area contributed by atoms with E-state index >= 15 is 0 Å². The maximum Gasteiger partial charge on any atom is 0.287 e. The Morgan fingerprint density at radius 1 is 1.40 bits per heavy atom. The summed E-state index contributed by atoms with van der Waals surface area (Å²) in [5.41, 5.74) is 0.965. The van der Waals surface area contributed by atoms with Gasteiger partial charge in [-0.1, -0.05) is 26.8 Å². The van der Waals surface area contributed by atoms with Crippen molar-refractivity contribution in [2.75, 3.05) is 6.54 Å². The Hall–Kier alpha value is -1.93. The summed E-state index contributed by atoms with van der Waals surface area (Å²) < 4.78 is 0. The van der Waals surface area contributed by atoms with Crippen LogP contribution in [0.5, 0.6) is 0 Å². The Bertz CT molecular complexity index is 520. The first-order valence-electron chi connectivity index (χ1n) is 6.84. The molecule has 1 N–H and O–H groups in total. The molecule has 0 aromatic heterocycles. The van der Waals surface area contributed by atoms with E-state index in [1.807, 2.05) is 13.0 Å². The molecule has 0 saturated heterocycles. The fourth-order valence-corrected chi connectivity index (χ4v) is 2.71. The first-order chi connectivity index (χ1) is 9.42. The zero-order chi connectivity index (χ0) is 15.3. The highest BCUT2D eigenvalue weighted by Gasteiger charge is 2.24. The molecule has 0 aliphatic heterocycles. The van der Waals surface area contributed by atoms with E-state index in [2.05, 4.69) is 26.1 Å². The minimum Gasteiger partial charge on any atom is -0.314 e. The van der Waals surface area contributed by atoms with E-state index in [0.29, 0.717) is 5.92 Å². The molecule has 0 fully saturated rings. The SMILES string of the molecule is CCNC(C)C(c1ccc([N+](=O)[O-])c(C#N)c1)C(C)C. The van der Waals surface area contributed by atoms with Crippen molar-refractivity contribution in [3.63, 3.8) is 0 Å². The first kappa shape index (κ1) is 16.1. The zero-order valence-electron chi connectivity index (χ0n) is 12.4. The number of likely N-dealkylation sites (N-methyl/N-ethyl adjacent to an activating group) is 1. The van der Waals surface area contributed by atoms with Gasteiger partial charge in [-0.25, -0.2) is 0 Å². The van der Waals surface area contributed by atoms with Crippen molar-refractivity contribution in [1.82, 2.24) is 5.32 Å². The summed E-state index contributed by atoms with van der Waals surface area (Å²) in [6, 6.07) is 7.01. The third-order valence-corrected chi connectivity index (χ3v) is 3.51. The molecule has 1 aromatic rings. The number of nitro groups is 1. The van der Waals surface area contributed by atoms with Crippen LogP contribution in [0.2, 0.25) is 0 Å². The van der Waals surface area contributed by atoms with Crippen LogP contribution < -0.4 is 5.32 Å². The predicted octanol–water partition coefficient (Wildman–Crippen LogP) is 3.20. The standard InChI is InChI=1S/C15H21N3O2/c1-5-17-11(4)15(10(2)3)12-6-7-14(18(19)20)13(8-12)9-16/h6-8,10-11,15,17H,5H2,1-4H3. The summed E-state index contributed by atoms with van der Waals surface area (Å²) in [6.07, 6.45) is 0. The van der Waals surface area contributed by atoms with E-state index in [4.69, 9.17) is 5.26 Å². The minimum atomic E-state index is -0.513. The second-order valence-electron chi connectivity index (χ2n) is 5.26. The van der Waals surface area contributed by atoms with Crippen molar-refractivity contribution >= 4 is 5.69 Å². The lowest BCUT2D eigenvalue weighted by Gasteiger charge is -2.28. The Kier molecular flexibility index (Phi) is 5.66. The molecule has 0 aliphatic rings. The average Bonchev–Trinajstić information content (AvgIpc) is 2.38. The van der Waals surface area contributed by atoms with Gasteiger partial charge in [0.1, 0.15) is 11.6 Å². The van der Waals surface area contributed by atoms with Gasteiger partial charge >= 0.3 is 0 Å². The van der Waals surface area contributed by atoms with E-state index in [-0.39, 0.29) is 23.2 Å². The molecule has 0 radical (unpaired) electrons. The van der Waals surface area contributed by atoms with Crippen molar-refractivity contribution in [3.8, 4) is 6.07 Å². The monoisotopic (exact) mass is 275 g/mol. The van der Waals surface area contributed by atoms with Crippen LogP contribution in [0, 0.1) is 27.4 Å². The third-order valence-electron chi connectivity index (χ3n) is 3.51. The Morgan fingerprint density at radius 3 is 2.50 bits per heavy atom. The molecule has 0 saturated carbocycles. The Labute approximate surface area is 119 Å². The van der Waals surface area contributed by atoms with Crippen molar-refractivity contribution in [2.24, 2.45) is 5.92 Å². The van der Waals surface area contributed by atoms with Crippen LogP contribution in [0.1, 0.15) is 44.7 Å². The molecule has 1 aromatic carbocycles. The highest BCUT2D eigenvalue weighted by Crippen LogP contribution is 2.31. The molecule has 0 amide bonds. The quantitative estimate of drug-likeness (QED) is 0.638. The van der Waals surface area contributed by atoms with Gasteiger partial charge in [-0.15, -0.1) is 0 Å². The molecule has 2 atom stereocenters. The second-order valence-corrected chi connectivity index (χ2v) is 5.26. The van der Waals surface area contributed by atoms with Crippen molar-refractivity contribution < 1.29 is 4.92 Å². The number of nitriles is 1. The summed E-state index contributed by atoms with van der Waals surface area (Å²) in [5, 5.41) is 23.3. The van der Waals surface area contributed by atoms with Gasteiger partial charge in [-0.2, -0.15) is 5.26 Å². The van der Waals surface area contributed by atoms with Gasteiger partial charge < -0.3 is 5.32 Å². The number of rotatable bonds is 6. The molecule has 1 rings (SSSR count). The highest BCUT2D eigenvalue weighted by atomic mass is 16.6. The predicted molar refractivity (Wildman–Crippen MR) is 78.5 cm³/mol. The van der Waals surface area contributed by atoms with Crippen LogP contribution in [-0.2, 0) is 0 Å². The molecular formula is C15H21N3O2. The summed E-state index contributed by atoms with van der Waals surface area (Å²) in [5.74, 6) is 0.583. The zero-order valence-corrected chi connectivity index (χ0v) is 12.4. The molecule has 108 valence electrons. The van der Waals surface area contributed by atoms with Gasteiger partial charge in [0.15, 0.2) is 0 Å². The Balaban J connectivity index is 3.22. The van der Waals surface area contributed by atoms with Crippen LogP contribution in [0.3, 0.4) is 0 Å². The van der Waals surface area contributed by atoms with Crippen LogP contribution in [0.25, 0.3) is 0 Å². The number of nitrogens with one attached hydrogen (secondary N) is 1. The number of hydrogen-bond acceptors (Lipinski definition) is 4. The summed E-state index contributed by atoms with van der Waals surface area (Å²) in [4.78, 5) is 10.4. The van der Waals surface area contributed by atoms with Gasteiger partial charge in [0.05, 0.1) is 4.92 Å². The van der Waals surface area contributed by atoms with E-state index in [1.54, 1.807) is 12.1 Å². The van der Waals surface area contributed by atoms with E-state index in [1.165, 1.54) is 6.07 Å². The normalized spacial score (nSPS) is 13.8. The summed E-state index contributed by atoms with van der Waals surface area (Å²) in [6.45, 7) is 9.24. The first-order valence-corrected chi connectivity index (χ1v) is 6.84. The molecular weight excluding hydrogens is 254 g/mol. The lowest BCUT2D eigenvalue weighted by molar-refractivity contribution is -0.385. The summed E-state index contributed by atoms with van der Waals surface area (Å²) in [7, 11) is 0. The van der Waals surface area contributed by atoms with Gasteiger partial charge in [-0.05, 0) is 31.0 Å². The van der Waals surface area contributed by atoms with Crippen molar-refractivity contribution in [3.05, 3.63) is 39.4 Å². The molecule has 2 unspecified atom stereocenters. The van der Waals surface area contributed by atoms with Crippen LogP contribution in [0.4, 0.5) is 5.69 Å². The maximum atomic E-state index is 10.9. The van der Waals surface area contributed by atoms with E-state index in [9.17, 15) is 10.1 Å². The fourth-order valence-electron chi connectivity index (χ4n) is 2.71. The minimum absolute atomic E-state index is 0.127. The molecule has 5 nitrogen and oxygen atoms in total. The Morgan fingerprint density at radius 2 is 2.05 bits per heavy atom. The lowest BCUT2D eigenvalue weighted by Crippen LogP contribution is -2.34. The maximum absolute atomic E-state index is 10.9. The molecule has 0 aliphatic carbocycles. The molecule has 20 heavy (non-hydrogen) atoms. The van der Waals surface area contributed by atoms with Gasteiger partial charge in [0.2, 0.25) is 0 Å². The van der Waals surface area contributed by atoms with E-state index in [0.717, 1.165) is 12.1 Å². The van der Waals surface area contributed by atoms with Crippen LogP contribution in [-0.4, -0.2) is 17.5 Å². The molecule has 0 spiro atoms. The average molecular weight is 275 g/mol. The smallest absolute Gasteiger partial charge is 0.287 e. The highest BCUT2D eigenvalue weighted by molar-refractivity contribution is 5.51. The third kappa shape index (κ3) is 3.55.